The van der Waals surface area contributed by atoms with Gasteiger partial charge in [-0.05, 0) is 45.2 Å². The fraction of sp³-hybridized carbons (Fsp3) is 0.500. The van der Waals surface area contributed by atoms with E-state index in [2.05, 4.69) is 20.5 Å². The minimum Gasteiger partial charge on any atom is -0.367 e. The molecule has 2 fully saturated rings. The summed E-state index contributed by atoms with van der Waals surface area (Å²) in [7, 11) is -1.64. The van der Waals surface area contributed by atoms with Crippen molar-refractivity contribution in [2.24, 2.45) is 11.8 Å². The molecule has 0 bridgehead atoms. The number of carbonyl (C=O) groups excluding carboxylic acids is 2. The molecule has 2 N–H and O–H groups in total. The summed E-state index contributed by atoms with van der Waals surface area (Å²) in [5.74, 6) is -6.18. The summed E-state index contributed by atoms with van der Waals surface area (Å²) in [6.07, 6.45) is -3.48. The molecule has 9 nitrogen and oxygen atoms in total. The number of hydrogen-bond acceptors (Lipinski definition) is 7. The predicted molar refractivity (Wildman–Crippen MR) is 141 cm³/mol. The maximum absolute atomic E-state index is 15.5. The van der Waals surface area contributed by atoms with Crippen LogP contribution in [0, 0.1) is 17.7 Å². The topological polar surface area (TPSA) is 112 Å². The zero-order valence-corrected chi connectivity index (χ0v) is 23.2. The van der Waals surface area contributed by atoms with Crippen molar-refractivity contribution in [1.82, 2.24) is 15.2 Å². The Bertz CT molecular complexity index is 1390. The van der Waals surface area contributed by atoms with Crippen LogP contribution in [0.2, 0.25) is 0 Å². The van der Waals surface area contributed by atoms with Gasteiger partial charge in [0.15, 0.2) is 14.9 Å². The maximum atomic E-state index is 15.5. The molecule has 2 amide bonds. The molecule has 1 aromatic heterocycles. The number of halogens is 4. The summed E-state index contributed by atoms with van der Waals surface area (Å²) in [6, 6.07) is 5.24. The normalized spacial score (nSPS) is 24.5. The van der Waals surface area contributed by atoms with E-state index in [4.69, 9.17) is 0 Å². The van der Waals surface area contributed by atoms with Crippen LogP contribution >= 0.6 is 0 Å². The van der Waals surface area contributed by atoms with E-state index >= 15 is 4.39 Å². The number of nitrogens with one attached hydrogen (secondary N) is 2. The highest BCUT2D eigenvalue weighted by molar-refractivity contribution is 7.90. The van der Waals surface area contributed by atoms with Gasteiger partial charge in [-0.3, -0.25) is 14.5 Å². The van der Waals surface area contributed by atoms with Crippen LogP contribution in [-0.2, 0) is 19.4 Å². The number of sulfone groups is 1. The Kier molecular flexibility index (Phi) is 8.14. The van der Waals surface area contributed by atoms with Crippen LogP contribution in [0.15, 0.2) is 35.5 Å². The van der Waals surface area contributed by atoms with E-state index in [1.165, 1.54) is 30.5 Å². The van der Waals surface area contributed by atoms with Crippen LogP contribution in [0.4, 0.5) is 28.9 Å². The highest BCUT2D eigenvalue weighted by Crippen LogP contribution is 2.39. The van der Waals surface area contributed by atoms with E-state index < -0.39 is 58.4 Å². The molecule has 0 spiro atoms. The smallest absolute Gasteiger partial charge is 0.367 e. The standard InChI is InChI=1S/C26H31F4N5O4S/c1-14-12-35(13-15(2)34(14)3)22-9-20(27)17(16-5-6-24(32-10-16)40(4,38)39)7-21(22)33-25(37)18-11-31-23(36)8-19(18)26(28,29)30/h5-7,9-10,14-15,18-19H,8,11-13H2,1-4H3,(H,31,36)(H,33,37)/t14-,15+,18?,19?. The fourth-order valence-corrected chi connectivity index (χ4v) is 5.69. The maximum Gasteiger partial charge on any atom is 0.393 e. The van der Waals surface area contributed by atoms with Gasteiger partial charge in [-0.25, -0.2) is 17.8 Å². The zero-order valence-electron chi connectivity index (χ0n) is 22.4. The first-order chi connectivity index (χ1) is 18.6. The number of aromatic nitrogens is 1. The monoisotopic (exact) mass is 585 g/mol. The van der Waals surface area contributed by atoms with E-state index in [1.807, 2.05) is 25.8 Å². The first-order valence-corrected chi connectivity index (χ1v) is 14.6. The minimum absolute atomic E-state index is 0.0221. The number of benzene rings is 1. The Labute approximate surface area is 229 Å². The fourth-order valence-electron chi connectivity index (χ4n) is 5.13. The Morgan fingerprint density at radius 2 is 1.80 bits per heavy atom. The summed E-state index contributed by atoms with van der Waals surface area (Å²) in [6.45, 7) is 4.42. The largest absolute Gasteiger partial charge is 0.393 e. The van der Waals surface area contributed by atoms with Crippen molar-refractivity contribution >= 4 is 33.0 Å². The second-order valence-electron chi connectivity index (χ2n) is 10.5. The number of piperidine rings is 1. The molecule has 14 heteroatoms. The van der Waals surface area contributed by atoms with Crippen LogP contribution in [0.5, 0.6) is 0 Å². The van der Waals surface area contributed by atoms with Crippen LogP contribution in [0.3, 0.4) is 0 Å². The number of piperazine rings is 1. The van der Waals surface area contributed by atoms with Gasteiger partial charge in [0, 0.05) is 61.7 Å². The Morgan fingerprint density at radius 3 is 2.35 bits per heavy atom. The highest BCUT2D eigenvalue weighted by Gasteiger charge is 2.50. The molecule has 4 rings (SSSR count). The number of alkyl halides is 3. The van der Waals surface area contributed by atoms with E-state index in [1.54, 1.807) is 0 Å². The Morgan fingerprint density at radius 1 is 1.15 bits per heavy atom. The van der Waals surface area contributed by atoms with Gasteiger partial charge in [0.2, 0.25) is 11.8 Å². The molecule has 4 atom stereocenters. The Hall–Kier alpha value is -3.26. The molecule has 2 aliphatic heterocycles. The molecule has 2 aromatic rings. The van der Waals surface area contributed by atoms with Crippen molar-refractivity contribution in [3.05, 3.63) is 36.3 Å². The first kappa shape index (κ1) is 29.7. The molecule has 3 heterocycles. The number of likely N-dealkylation sites (N-methyl/N-ethyl adjacent to an activating group) is 1. The first-order valence-electron chi connectivity index (χ1n) is 12.7. The number of pyridine rings is 1. The number of anilines is 2. The van der Waals surface area contributed by atoms with Crippen molar-refractivity contribution in [3.63, 3.8) is 0 Å². The summed E-state index contributed by atoms with van der Waals surface area (Å²) in [4.78, 5) is 32.9. The van der Waals surface area contributed by atoms with E-state index in [9.17, 15) is 31.2 Å². The molecule has 0 aliphatic carbocycles. The van der Waals surface area contributed by atoms with Gasteiger partial charge in [0.25, 0.3) is 0 Å². The lowest BCUT2D eigenvalue weighted by atomic mass is 9.84. The van der Waals surface area contributed by atoms with E-state index in [-0.39, 0.29) is 33.9 Å². The number of rotatable bonds is 5. The summed E-state index contributed by atoms with van der Waals surface area (Å²) < 4.78 is 80.3. The molecule has 2 aliphatic rings. The predicted octanol–water partition coefficient (Wildman–Crippen LogP) is 3.07. The van der Waals surface area contributed by atoms with Crippen LogP contribution < -0.4 is 15.5 Å². The zero-order chi connectivity index (χ0) is 29.6. The number of amides is 2. The van der Waals surface area contributed by atoms with Gasteiger partial charge in [0.05, 0.1) is 23.2 Å². The summed E-state index contributed by atoms with van der Waals surface area (Å²) >= 11 is 0. The number of nitrogens with zero attached hydrogens (tertiary/aromatic N) is 3. The van der Waals surface area contributed by atoms with Gasteiger partial charge in [-0.2, -0.15) is 13.2 Å². The lowest BCUT2D eigenvalue weighted by Gasteiger charge is -2.44. The lowest BCUT2D eigenvalue weighted by molar-refractivity contribution is -0.197. The third-order valence-corrected chi connectivity index (χ3v) is 8.64. The van der Waals surface area contributed by atoms with E-state index in [0.717, 1.165) is 6.26 Å². The second-order valence-corrected chi connectivity index (χ2v) is 12.5. The minimum atomic E-state index is -4.77. The van der Waals surface area contributed by atoms with Crippen molar-refractivity contribution in [3.8, 4) is 11.1 Å². The van der Waals surface area contributed by atoms with Gasteiger partial charge in [-0.15, -0.1) is 0 Å². The average molecular weight is 586 g/mol. The molecule has 218 valence electrons. The summed E-state index contributed by atoms with van der Waals surface area (Å²) in [5.41, 5.74) is 0.581. The molecule has 2 unspecified atom stereocenters. The van der Waals surface area contributed by atoms with Gasteiger partial charge in [-0.1, -0.05) is 0 Å². The van der Waals surface area contributed by atoms with Crippen molar-refractivity contribution in [2.45, 2.75) is 43.6 Å². The van der Waals surface area contributed by atoms with Crippen LogP contribution in [0.1, 0.15) is 20.3 Å². The van der Waals surface area contributed by atoms with Gasteiger partial charge in [0.1, 0.15) is 5.82 Å². The SMILES string of the molecule is C[C@@H]1CN(c2cc(F)c(-c3ccc(S(C)(=O)=O)nc3)cc2NC(=O)C2CNC(=O)CC2C(F)(F)F)C[C@H](C)N1C. The molecular formula is C26H31F4N5O4S. The highest BCUT2D eigenvalue weighted by atomic mass is 32.2. The van der Waals surface area contributed by atoms with E-state index in [0.29, 0.717) is 18.8 Å². The molecular weight excluding hydrogens is 554 g/mol. The van der Waals surface area contributed by atoms with Crippen molar-refractivity contribution in [2.75, 3.05) is 43.2 Å². The third kappa shape index (κ3) is 6.22. The molecule has 0 radical (unpaired) electrons. The molecule has 2 saturated heterocycles. The number of carbonyl (C=O) groups is 2. The third-order valence-electron chi connectivity index (χ3n) is 7.64. The van der Waals surface area contributed by atoms with Crippen molar-refractivity contribution < 1.29 is 35.6 Å². The van der Waals surface area contributed by atoms with Crippen molar-refractivity contribution in [1.29, 1.82) is 0 Å². The second kappa shape index (κ2) is 11.0. The molecule has 40 heavy (non-hydrogen) atoms. The quantitative estimate of drug-likeness (QED) is 0.519. The lowest BCUT2D eigenvalue weighted by Crippen LogP contribution is -2.55. The van der Waals surface area contributed by atoms with Gasteiger partial charge >= 0.3 is 6.18 Å². The molecule has 1 aromatic carbocycles. The average Bonchev–Trinajstić information content (AvgIpc) is 2.86. The van der Waals surface area contributed by atoms with Crippen LogP contribution in [-0.4, -0.2) is 81.3 Å². The van der Waals surface area contributed by atoms with Gasteiger partial charge < -0.3 is 15.5 Å². The molecule has 0 saturated carbocycles. The summed E-state index contributed by atoms with van der Waals surface area (Å²) in [5, 5.41) is 4.70. The Balaban J connectivity index is 1.76. The number of hydrogen-bond donors (Lipinski definition) is 2. The van der Waals surface area contributed by atoms with Crippen LogP contribution in [0.25, 0.3) is 11.1 Å².